The first-order chi connectivity index (χ1) is 7.17. The number of ether oxygens (including phenoxy) is 1. The number of aromatic nitrogens is 1. The molecule has 1 heterocycles. The molecule has 0 fully saturated rings. The van der Waals surface area contributed by atoms with E-state index in [0.717, 1.165) is 5.01 Å². The van der Waals surface area contributed by atoms with Crippen LogP contribution in [0.4, 0.5) is 0 Å². The van der Waals surface area contributed by atoms with E-state index in [9.17, 15) is 4.79 Å². The molecule has 0 aromatic carbocycles. The van der Waals surface area contributed by atoms with Gasteiger partial charge in [0.15, 0.2) is 0 Å². The summed E-state index contributed by atoms with van der Waals surface area (Å²) in [5, 5.41) is 4.42. The van der Waals surface area contributed by atoms with Crippen molar-refractivity contribution in [3.8, 4) is 0 Å². The average Bonchev–Trinajstić information content (AvgIpc) is 2.64. The second kappa shape index (κ2) is 6.19. The SMILES string of the molecule is COCC(CBr)NC(=O)c1cnc(C)s1. The number of methoxy groups -OCH3 is 1. The highest BCUT2D eigenvalue weighted by molar-refractivity contribution is 9.09. The number of nitrogens with one attached hydrogen (secondary N) is 1. The number of thiazole rings is 1. The molecule has 15 heavy (non-hydrogen) atoms. The van der Waals surface area contributed by atoms with Gasteiger partial charge >= 0.3 is 0 Å². The molecule has 0 saturated heterocycles. The highest BCUT2D eigenvalue weighted by Crippen LogP contribution is 2.11. The lowest BCUT2D eigenvalue weighted by Crippen LogP contribution is -2.38. The highest BCUT2D eigenvalue weighted by atomic mass is 79.9. The summed E-state index contributed by atoms with van der Waals surface area (Å²) in [5.74, 6) is -0.0953. The number of alkyl halides is 1. The molecule has 0 radical (unpaired) electrons. The Hall–Kier alpha value is -0.460. The number of halogens is 1. The molecule has 1 aromatic rings. The van der Waals surface area contributed by atoms with Crippen molar-refractivity contribution in [2.75, 3.05) is 19.0 Å². The van der Waals surface area contributed by atoms with Crippen LogP contribution in [0.25, 0.3) is 0 Å². The maximum Gasteiger partial charge on any atom is 0.263 e. The molecule has 1 unspecified atom stereocenters. The van der Waals surface area contributed by atoms with E-state index in [0.29, 0.717) is 16.8 Å². The summed E-state index contributed by atoms with van der Waals surface area (Å²) in [7, 11) is 1.61. The van der Waals surface area contributed by atoms with Crippen molar-refractivity contribution in [2.45, 2.75) is 13.0 Å². The number of aryl methyl sites for hydroxylation is 1. The van der Waals surface area contributed by atoms with E-state index < -0.39 is 0 Å². The van der Waals surface area contributed by atoms with Crippen LogP contribution in [0.3, 0.4) is 0 Å². The van der Waals surface area contributed by atoms with E-state index in [4.69, 9.17) is 4.74 Å². The number of amides is 1. The van der Waals surface area contributed by atoms with Crippen molar-refractivity contribution >= 4 is 33.2 Å². The Labute approximate surface area is 101 Å². The van der Waals surface area contributed by atoms with Crippen molar-refractivity contribution in [1.29, 1.82) is 0 Å². The van der Waals surface area contributed by atoms with Gasteiger partial charge < -0.3 is 10.1 Å². The molecule has 0 bridgehead atoms. The van der Waals surface area contributed by atoms with Crippen LogP contribution in [0.5, 0.6) is 0 Å². The minimum Gasteiger partial charge on any atom is -0.383 e. The molecule has 1 atom stereocenters. The lowest BCUT2D eigenvalue weighted by atomic mass is 10.3. The van der Waals surface area contributed by atoms with Crippen molar-refractivity contribution in [3.63, 3.8) is 0 Å². The third-order valence-electron chi connectivity index (χ3n) is 1.73. The van der Waals surface area contributed by atoms with Gasteiger partial charge in [0.25, 0.3) is 5.91 Å². The monoisotopic (exact) mass is 292 g/mol. The molecule has 1 rings (SSSR count). The Bertz CT molecular complexity index is 330. The number of nitrogens with zero attached hydrogens (tertiary/aromatic N) is 1. The molecule has 0 aliphatic rings. The summed E-state index contributed by atoms with van der Waals surface area (Å²) >= 11 is 4.70. The van der Waals surface area contributed by atoms with Gasteiger partial charge in [0.2, 0.25) is 0 Å². The van der Waals surface area contributed by atoms with E-state index in [2.05, 4.69) is 26.2 Å². The zero-order valence-corrected chi connectivity index (χ0v) is 11.0. The Morgan fingerprint density at radius 3 is 3.00 bits per heavy atom. The quantitative estimate of drug-likeness (QED) is 0.839. The molecule has 6 heteroatoms. The molecular formula is C9H13BrN2O2S. The molecule has 1 aromatic heterocycles. The third-order valence-corrected chi connectivity index (χ3v) is 3.43. The fourth-order valence-corrected chi connectivity index (χ4v) is 2.08. The molecule has 1 amide bonds. The van der Waals surface area contributed by atoms with Crippen LogP contribution in [-0.2, 0) is 4.74 Å². The zero-order chi connectivity index (χ0) is 11.3. The number of rotatable bonds is 5. The normalized spacial score (nSPS) is 12.5. The van der Waals surface area contributed by atoms with Crippen molar-refractivity contribution in [1.82, 2.24) is 10.3 Å². The number of carbonyl (C=O) groups is 1. The van der Waals surface area contributed by atoms with Crippen LogP contribution < -0.4 is 5.32 Å². The van der Waals surface area contributed by atoms with Crippen LogP contribution in [-0.4, -0.2) is 36.0 Å². The zero-order valence-electron chi connectivity index (χ0n) is 8.62. The minimum atomic E-state index is -0.0953. The summed E-state index contributed by atoms with van der Waals surface area (Å²) in [6.45, 7) is 2.37. The van der Waals surface area contributed by atoms with E-state index in [1.165, 1.54) is 11.3 Å². The maximum absolute atomic E-state index is 11.7. The van der Waals surface area contributed by atoms with Gasteiger partial charge in [0.1, 0.15) is 4.88 Å². The third kappa shape index (κ3) is 3.89. The van der Waals surface area contributed by atoms with Gasteiger partial charge in [0, 0.05) is 12.4 Å². The number of hydrogen-bond donors (Lipinski definition) is 1. The Balaban J connectivity index is 2.54. The Morgan fingerprint density at radius 2 is 2.53 bits per heavy atom. The maximum atomic E-state index is 11.7. The van der Waals surface area contributed by atoms with Gasteiger partial charge in [-0.1, -0.05) is 15.9 Å². The second-order valence-corrected chi connectivity index (χ2v) is 4.91. The number of hydrogen-bond acceptors (Lipinski definition) is 4. The topological polar surface area (TPSA) is 51.2 Å². The summed E-state index contributed by atoms with van der Waals surface area (Å²) in [6.07, 6.45) is 1.59. The standard InChI is InChI=1S/C9H13BrN2O2S/c1-6-11-4-8(15-6)9(13)12-7(3-10)5-14-2/h4,7H,3,5H2,1-2H3,(H,12,13). The Kier molecular flexibility index (Phi) is 5.21. The average molecular weight is 293 g/mol. The van der Waals surface area contributed by atoms with Gasteiger partial charge in [-0.15, -0.1) is 11.3 Å². The van der Waals surface area contributed by atoms with Crippen LogP contribution in [0.2, 0.25) is 0 Å². The highest BCUT2D eigenvalue weighted by Gasteiger charge is 2.14. The smallest absolute Gasteiger partial charge is 0.263 e. The molecule has 0 aliphatic carbocycles. The summed E-state index contributed by atoms with van der Waals surface area (Å²) < 4.78 is 4.98. The van der Waals surface area contributed by atoms with E-state index in [1.54, 1.807) is 13.3 Å². The lowest BCUT2D eigenvalue weighted by Gasteiger charge is -2.13. The largest absolute Gasteiger partial charge is 0.383 e. The molecule has 4 nitrogen and oxygen atoms in total. The molecule has 0 saturated carbocycles. The van der Waals surface area contributed by atoms with Crippen LogP contribution in [0.15, 0.2) is 6.20 Å². The summed E-state index contributed by atoms with van der Waals surface area (Å²) in [5.41, 5.74) is 0. The fraction of sp³-hybridized carbons (Fsp3) is 0.556. The van der Waals surface area contributed by atoms with Crippen LogP contribution >= 0.6 is 27.3 Å². The first-order valence-corrected chi connectivity index (χ1v) is 6.39. The molecule has 84 valence electrons. The predicted molar refractivity (Wildman–Crippen MR) is 63.8 cm³/mol. The summed E-state index contributed by atoms with van der Waals surface area (Å²) in [6, 6.07) is -0.00935. The predicted octanol–water partition coefficient (Wildman–Crippen LogP) is 1.59. The van der Waals surface area contributed by atoms with Crippen molar-refractivity contribution < 1.29 is 9.53 Å². The summed E-state index contributed by atoms with van der Waals surface area (Å²) in [4.78, 5) is 16.4. The van der Waals surface area contributed by atoms with Gasteiger partial charge in [-0.25, -0.2) is 4.98 Å². The molecular weight excluding hydrogens is 280 g/mol. The van der Waals surface area contributed by atoms with E-state index in [-0.39, 0.29) is 11.9 Å². The van der Waals surface area contributed by atoms with E-state index >= 15 is 0 Å². The van der Waals surface area contributed by atoms with Crippen LogP contribution in [0, 0.1) is 6.92 Å². The van der Waals surface area contributed by atoms with Crippen LogP contribution in [0.1, 0.15) is 14.7 Å². The molecule has 0 aliphatic heterocycles. The van der Waals surface area contributed by atoms with Gasteiger partial charge in [-0.2, -0.15) is 0 Å². The molecule has 0 spiro atoms. The van der Waals surface area contributed by atoms with E-state index in [1.807, 2.05) is 6.92 Å². The first kappa shape index (κ1) is 12.6. The first-order valence-electron chi connectivity index (χ1n) is 4.45. The van der Waals surface area contributed by atoms with Crippen molar-refractivity contribution in [2.24, 2.45) is 0 Å². The van der Waals surface area contributed by atoms with Crippen molar-refractivity contribution in [3.05, 3.63) is 16.1 Å². The van der Waals surface area contributed by atoms with Gasteiger partial charge in [-0.3, -0.25) is 4.79 Å². The Morgan fingerprint density at radius 1 is 1.80 bits per heavy atom. The minimum absolute atomic E-state index is 0.00935. The fourth-order valence-electron chi connectivity index (χ4n) is 1.05. The lowest BCUT2D eigenvalue weighted by molar-refractivity contribution is 0.0912. The number of carbonyl (C=O) groups excluding carboxylic acids is 1. The second-order valence-electron chi connectivity index (χ2n) is 3.02. The van der Waals surface area contributed by atoms with Gasteiger partial charge in [0.05, 0.1) is 23.9 Å². The van der Waals surface area contributed by atoms with Gasteiger partial charge in [-0.05, 0) is 6.92 Å². The molecule has 1 N–H and O–H groups in total.